The number of hydrogen-bond donors (Lipinski definition) is 3. The number of carbonyl (C=O) groups is 1. The van der Waals surface area contributed by atoms with Gasteiger partial charge in [0.05, 0.1) is 6.10 Å². The van der Waals surface area contributed by atoms with Crippen molar-refractivity contribution in [3.63, 3.8) is 0 Å². The number of aliphatic hydroxyl groups excluding tert-OH is 1. The second kappa shape index (κ2) is 2.66. The van der Waals surface area contributed by atoms with Crippen LogP contribution in [0.4, 0.5) is 0 Å². The zero-order valence-electron chi connectivity index (χ0n) is 5.19. The molecule has 0 fully saturated rings. The molecule has 0 aromatic rings. The Labute approximate surface area is 57.4 Å². The fourth-order valence-corrected chi connectivity index (χ4v) is 0.736. The number of nitrogens with zero attached hydrogens (tertiary/aromatic N) is 1. The zero-order chi connectivity index (χ0) is 7.56. The first kappa shape index (κ1) is 7.01. The van der Waals surface area contributed by atoms with Crippen LogP contribution in [0.25, 0.3) is 0 Å². The molecule has 0 aromatic carbocycles. The van der Waals surface area contributed by atoms with Crippen LogP contribution < -0.4 is 5.43 Å². The van der Waals surface area contributed by atoms with Gasteiger partial charge in [0.15, 0.2) is 6.04 Å². The lowest BCUT2D eigenvalue weighted by Crippen LogP contribution is -2.46. The zero-order valence-corrected chi connectivity index (χ0v) is 5.19. The van der Waals surface area contributed by atoms with E-state index in [1.165, 1.54) is 6.21 Å². The van der Waals surface area contributed by atoms with Crippen LogP contribution in [0.15, 0.2) is 5.10 Å². The number of aliphatic hydroxyl groups is 1. The van der Waals surface area contributed by atoms with Crippen LogP contribution in [-0.2, 0) is 4.79 Å². The Morgan fingerprint density at radius 3 is 2.90 bits per heavy atom. The third-order valence-corrected chi connectivity index (χ3v) is 1.30. The standard InChI is InChI=1S/C5H8N2O3/c8-3-1-2-6-7-4(3)5(9)10/h2-4,7-8H,1H2,(H,9,10)/t3-,4+/m0/s1. The fourth-order valence-electron chi connectivity index (χ4n) is 0.736. The van der Waals surface area contributed by atoms with Crippen molar-refractivity contribution in [3.05, 3.63) is 0 Å². The van der Waals surface area contributed by atoms with Gasteiger partial charge in [-0.1, -0.05) is 0 Å². The number of carboxylic acids is 1. The third kappa shape index (κ3) is 1.24. The number of hydrazone groups is 1. The molecule has 1 aliphatic heterocycles. The summed E-state index contributed by atoms with van der Waals surface area (Å²) in [5.74, 6) is -1.08. The first-order valence-corrected chi connectivity index (χ1v) is 2.89. The Bertz CT molecular complexity index is 168. The summed E-state index contributed by atoms with van der Waals surface area (Å²) in [6.45, 7) is 0. The molecule has 0 aliphatic carbocycles. The summed E-state index contributed by atoms with van der Waals surface area (Å²) in [5.41, 5.74) is 2.29. The van der Waals surface area contributed by atoms with Gasteiger partial charge in [0.1, 0.15) is 0 Å². The number of aliphatic carboxylic acids is 1. The highest BCUT2D eigenvalue weighted by Crippen LogP contribution is 2.01. The molecule has 0 saturated carbocycles. The lowest BCUT2D eigenvalue weighted by Gasteiger charge is -2.20. The fraction of sp³-hybridized carbons (Fsp3) is 0.600. The largest absolute Gasteiger partial charge is 0.480 e. The van der Waals surface area contributed by atoms with Crippen molar-refractivity contribution in [2.45, 2.75) is 18.6 Å². The summed E-state index contributed by atoms with van der Waals surface area (Å²) in [5, 5.41) is 20.9. The highest BCUT2D eigenvalue weighted by Gasteiger charge is 2.27. The van der Waals surface area contributed by atoms with E-state index in [1.54, 1.807) is 0 Å². The smallest absolute Gasteiger partial charge is 0.330 e. The van der Waals surface area contributed by atoms with Gasteiger partial charge in [-0.15, -0.1) is 0 Å². The molecule has 56 valence electrons. The average Bonchev–Trinajstić information content (AvgIpc) is 1.88. The van der Waals surface area contributed by atoms with E-state index in [0.29, 0.717) is 6.42 Å². The van der Waals surface area contributed by atoms with Crippen molar-refractivity contribution >= 4 is 12.2 Å². The Hall–Kier alpha value is -1.10. The van der Waals surface area contributed by atoms with Crippen LogP contribution in [0.1, 0.15) is 6.42 Å². The summed E-state index contributed by atoms with van der Waals surface area (Å²) in [6.07, 6.45) is 0.878. The maximum Gasteiger partial charge on any atom is 0.330 e. The molecule has 0 unspecified atom stereocenters. The van der Waals surface area contributed by atoms with Gasteiger partial charge in [-0.3, -0.25) is 5.43 Å². The lowest BCUT2D eigenvalue weighted by atomic mass is 10.1. The summed E-state index contributed by atoms with van der Waals surface area (Å²) < 4.78 is 0. The van der Waals surface area contributed by atoms with Crippen LogP contribution >= 0.6 is 0 Å². The monoisotopic (exact) mass is 144 g/mol. The molecule has 0 aromatic heterocycles. The SMILES string of the molecule is O=C(O)[C@@H]1NN=CC[C@@H]1O. The van der Waals surface area contributed by atoms with Gasteiger partial charge >= 0.3 is 5.97 Å². The normalized spacial score (nSPS) is 31.3. The Balaban J connectivity index is 2.59. The second-order valence-electron chi connectivity index (χ2n) is 2.06. The first-order chi connectivity index (χ1) is 4.72. The Morgan fingerprint density at radius 2 is 2.50 bits per heavy atom. The van der Waals surface area contributed by atoms with Crippen LogP contribution in [0.5, 0.6) is 0 Å². The van der Waals surface area contributed by atoms with Gasteiger partial charge in [-0.2, -0.15) is 5.10 Å². The molecule has 0 radical (unpaired) electrons. The van der Waals surface area contributed by atoms with E-state index in [2.05, 4.69) is 10.5 Å². The Morgan fingerprint density at radius 1 is 1.80 bits per heavy atom. The lowest BCUT2D eigenvalue weighted by molar-refractivity contribution is -0.142. The maximum absolute atomic E-state index is 10.3. The number of carboxylic acid groups (broad SMARTS) is 1. The maximum atomic E-state index is 10.3. The van der Waals surface area contributed by atoms with Gasteiger partial charge in [-0.25, -0.2) is 4.79 Å². The molecule has 5 nitrogen and oxygen atoms in total. The molecule has 1 heterocycles. The average molecular weight is 144 g/mol. The highest BCUT2D eigenvalue weighted by molar-refractivity contribution is 5.76. The van der Waals surface area contributed by atoms with Gasteiger partial charge in [0.25, 0.3) is 0 Å². The molecule has 2 atom stereocenters. The van der Waals surface area contributed by atoms with E-state index in [4.69, 9.17) is 10.2 Å². The van der Waals surface area contributed by atoms with Crippen molar-refractivity contribution < 1.29 is 15.0 Å². The van der Waals surface area contributed by atoms with Crippen LogP contribution in [0.3, 0.4) is 0 Å². The molecule has 5 heteroatoms. The predicted molar refractivity (Wildman–Crippen MR) is 33.7 cm³/mol. The highest BCUT2D eigenvalue weighted by atomic mass is 16.4. The minimum Gasteiger partial charge on any atom is -0.480 e. The van der Waals surface area contributed by atoms with Crippen LogP contribution in [0, 0.1) is 0 Å². The first-order valence-electron chi connectivity index (χ1n) is 2.89. The number of hydrogen-bond acceptors (Lipinski definition) is 4. The van der Waals surface area contributed by atoms with Gasteiger partial charge < -0.3 is 10.2 Å². The number of rotatable bonds is 1. The molecule has 1 aliphatic rings. The molecule has 0 amide bonds. The van der Waals surface area contributed by atoms with E-state index in [0.717, 1.165) is 0 Å². The quantitative estimate of drug-likeness (QED) is 0.431. The van der Waals surface area contributed by atoms with Crippen molar-refractivity contribution in [2.24, 2.45) is 5.10 Å². The summed E-state index contributed by atoms with van der Waals surface area (Å²) in [6, 6.07) is -0.954. The molecular formula is C5H8N2O3. The van der Waals surface area contributed by atoms with Crippen molar-refractivity contribution in [1.29, 1.82) is 0 Å². The predicted octanol–water partition coefficient (Wildman–Crippen LogP) is -1.22. The Kier molecular flexibility index (Phi) is 1.86. The minimum absolute atomic E-state index is 0.296. The summed E-state index contributed by atoms with van der Waals surface area (Å²) in [4.78, 5) is 10.3. The molecular weight excluding hydrogens is 136 g/mol. The van der Waals surface area contributed by atoms with Gasteiger partial charge in [0, 0.05) is 12.6 Å². The molecule has 0 saturated heterocycles. The minimum atomic E-state index is -1.08. The van der Waals surface area contributed by atoms with Crippen molar-refractivity contribution in [2.75, 3.05) is 0 Å². The molecule has 3 N–H and O–H groups in total. The van der Waals surface area contributed by atoms with Crippen LogP contribution in [-0.4, -0.2) is 34.5 Å². The second-order valence-corrected chi connectivity index (χ2v) is 2.06. The van der Waals surface area contributed by atoms with Crippen LogP contribution in [0.2, 0.25) is 0 Å². The third-order valence-electron chi connectivity index (χ3n) is 1.30. The van der Waals surface area contributed by atoms with Crippen molar-refractivity contribution in [3.8, 4) is 0 Å². The molecule has 0 spiro atoms. The van der Waals surface area contributed by atoms with E-state index >= 15 is 0 Å². The molecule has 10 heavy (non-hydrogen) atoms. The van der Waals surface area contributed by atoms with Gasteiger partial charge in [-0.05, 0) is 0 Å². The van der Waals surface area contributed by atoms with Crippen molar-refractivity contribution in [1.82, 2.24) is 5.43 Å². The molecule has 0 bridgehead atoms. The van der Waals surface area contributed by atoms with E-state index in [1.807, 2.05) is 0 Å². The van der Waals surface area contributed by atoms with E-state index in [9.17, 15) is 4.79 Å². The van der Waals surface area contributed by atoms with E-state index in [-0.39, 0.29) is 0 Å². The van der Waals surface area contributed by atoms with Gasteiger partial charge in [0.2, 0.25) is 0 Å². The number of nitrogens with one attached hydrogen (secondary N) is 1. The van der Waals surface area contributed by atoms with E-state index < -0.39 is 18.1 Å². The topological polar surface area (TPSA) is 81.9 Å². The summed E-state index contributed by atoms with van der Waals surface area (Å²) >= 11 is 0. The summed E-state index contributed by atoms with van der Waals surface area (Å²) in [7, 11) is 0. The molecule has 1 rings (SSSR count).